The number of oxazole rings is 1. The van der Waals surface area contributed by atoms with Gasteiger partial charge in [0, 0.05) is 24.8 Å². The summed E-state index contributed by atoms with van der Waals surface area (Å²) in [6.07, 6.45) is 8.41. The zero-order chi connectivity index (χ0) is 40.1. The zero-order valence-corrected chi connectivity index (χ0v) is 33.1. The summed E-state index contributed by atoms with van der Waals surface area (Å²) in [6.45, 7) is 5.50. The highest BCUT2D eigenvalue weighted by Crippen LogP contribution is 2.34. The van der Waals surface area contributed by atoms with Gasteiger partial charge in [-0.25, -0.2) is 4.98 Å². The molecular formula is C40H52ClN7O8. The van der Waals surface area contributed by atoms with Crippen molar-refractivity contribution >= 4 is 58.1 Å². The predicted octanol–water partition coefficient (Wildman–Crippen LogP) is 4.55. The van der Waals surface area contributed by atoms with Crippen LogP contribution >= 0.6 is 11.6 Å². The van der Waals surface area contributed by atoms with Crippen LogP contribution in [0.2, 0.25) is 5.02 Å². The van der Waals surface area contributed by atoms with Crippen molar-refractivity contribution in [2.24, 2.45) is 23.0 Å². The molecule has 16 heteroatoms. The van der Waals surface area contributed by atoms with Gasteiger partial charge < -0.3 is 40.5 Å². The number of nitrogens with zero attached hydrogens (tertiary/aromatic N) is 3. The average molecular weight is 794 g/mol. The number of ketones is 1. The smallest absolute Gasteiger partial charge is 0.296 e. The van der Waals surface area contributed by atoms with Gasteiger partial charge in [0.05, 0.1) is 24.7 Å². The number of aromatic nitrogens is 2. The lowest BCUT2D eigenvalue weighted by Crippen LogP contribution is -2.61. The fraction of sp³-hybridized carbons (Fsp3) is 0.575. The Bertz CT molecular complexity index is 1900. The van der Waals surface area contributed by atoms with Gasteiger partial charge in [-0.05, 0) is 54.7 Å². The monoisotopic (exact) mass is 793 g/mol. The third kappa shape index (κ3) is 9.71. The molecule has 6 rings (SSSR count). The summed E-state index contributed by atoms with van der Waals surface area (Å²) in [4.78, 5) is 78.5. The minimum absolute atomic E-state index is 0.0165. The van der Waals surface area contributed by atoms with E-state index in [-0.39, 0.29) is 43.1 Å². The van der Waals surface area contributed by atoms with Crippen LogP contribution in [0.15, 0.2) is 40.9 Å². The van der Waals surface area contributed by atoms with Crippen LogP contribution in [0.4, 0.5) is 6.01 Å². The molecule has 4 amide bonds. The number of nitrogens with two attached hydrogens (primary N) is 1. The number of rotatable bonds is 15. The Labute approximate surface area is 331 Å². The van der Waals surface area contributed by atoms with E-state index in [2.05, 4.69) is 25.9 Å². The molecule has 2 saturated carbocycles. The highest BCUT2D eigenvalue weighted by atomic mass is 35.5. The predicted molar refractivity (Wildman–Crippen MR) is 208 cm³/mol. The lowest BCUT2D eigenvalue weighted by atomic mass is 9.80. The van der Waals surface area contributed by atoms with Crippen molar-refractivity contribution < 1.29 is 37.9 Å². The number of ether oxygens (including phenoxy) is 2. The van der Waals surface area contributed by atoms with Crippen LogP contribution in [-0.2, 0) is 24.0 Å². The maximum atomic E-state index is 14.8. The Morgan fingerprint density at radius 2 is 1.77 bits per heavy atom. The van der Waals surface area contributed by atoms with Crippen LogP contribution in [0.5, 0.6) is 11.6 Å². The number of likely N-dealkylation sites (tertiary alicyclic amines) is 1. The van der Waals surface area contributed by atoms with Crippen molar-refractivity contribution in [3.05, 3.63) is 41.6 Å². The van der Waals surface area contributed by atoms with Gasteiger partial charge in [-0.15, -0.1) is 0 Å². The summed E-state index contributed by atoms with van der Waals surface area (Å²) < 4.78 is 17.5. The molecule has 56 heavy (non-hydrogen) atoms. The Hall–Kier alpha value is -4.92. The quantitative estimate of drug-likeness (QED) is 0.157. The number of anilines is 1. The largest absolute Gasteiger partial charge is 0.497 e. The molecule has 3 fully saturated rings. The Kier molecular flexibility index (Phi) is 12.7. The number of pyridine rings is 1. The van der Waals surface area contributed by atoms with E-state index in [4.69, 9.17) is 31.2 Å². The van der Waals surface area contributed by atoms with Gasteiger partial charge in [0.15, 0.2) is 5.58 Å². The van der Waals surface area contributed by atoms with Crippen molar-refractivity contribution in [1.29, 1.82) is 0 Å². The number of fused-ring (bicyclic) bond motifs is 1. The molecule has 1 saturated heterocycles. The summed E-state index contributed by atoms with van der Waals surface area (Å²) in [7, 11) is 1.56. The average Bonchev–Trinajstić information content (AvgIpc) is 3.77. The van der Waals surface area contributed by atoms with Crippen molar-refractivity contribution in [3.63, 3.8) is 0 Å². The lowest BCUT2D eigenvalue weighted by molar-refractivity contribution is -0.145. The minimum atomic E-state index is -1.14. The van der Waals surface area contributed by atoms with Gasteiger partial charge in [0.1, 0.15) is 35.5 Å². The first-order chi connectivity index (χ1) is 26.7. The number of Topliss-reactive ketones (excluding diaryl/α,β-unsaturated/α-hetero) is 1. The van der Waals surface area contributed by atoms with Crippen molar-refractivity contribution in [1.82, 2.24) is 25.5 Å². The molecule has 3 aliphatic rings. The number of hydrogen-bond donors (Lipinski definition) is 4. The number of carbonyl (C=O) groups is 5. The first kappa shape index (κ1) is 40.7. The van der Waals surface area contributed by atoms with Gasteiger partial charge in [0.25, 0.3) is 11.9 Å². The normalized spacial score (nSPS) is 20.7. The fourth-order valence-corrected chi connectivity index (χ4v) is 7.96. The van der Waals surface area contributed by atoms with Gasteiger partial charge in [-0.2, -0.15) is 4.98 Å². The molecule has 3 aromatic rings. The highest BCUT2D eigenvalue weighted by Gasteiger charge is 2.47. The number of halogens is 1. The minimum Gasteiger partial charge on any atom is -0.497 e. The van der Waals surface area contributed by atoms with Crippen LogP contribution in [0.1, 0.15) is 85.0 Å². The van der Waals surface area contributed by atoms with E-state index in [0.29, 0.717) is 21.9 Å². The number of nitrogens with one attached hydrogen (secondary N) is 3. The molecule has 1 aliphatic heterocycles. The molecule has 0 radical (unpaired) electrons. The molecule has 1 aromatic carbocycles. The number of primary amides is 1. The molecular weight excluding hydrogens is 742 g/mol. The van der Waals surface area contributed by atoms with E-state index < -0.39 is 65.1 Å². The summed E-state index contributed by atoms with van der Waals surface area (Å²) in [5.41, 5.74) is 5.66. The summed E-state index contributed by atoms with van der Waals surface area (Å²) in [6, 6.07) is 4.54. The van der Waals surface area contributed by atoms with Crippen LogP contribution < -0.4 is 31.2 Å². The first-order valence-corrected chi connectivity index (χ1v) is 19.8. The molecule has 0 bridgehead atoms. The van der Waals surface area contributed by atoms with Crippen LogP contribution in [-0.4, -0.2) is 88.2 Å². The zero-order valence-electron chi connectivity index (χ0n) is 32.3. The van der Waals surface area contributed by atoms with Crippen molar-refractivity contribution in [2.45, 2.75) is 115 Å². The number of benzene rings is 1. The SMILES string of the molecule is COc1ccc2oc(N[C@H](C(=O)N[C@H](C(=O)N3C[C@H](Oc4ccc(Cl)cn4)C[C@H]3C(=O)NC(CC3CCC3)C(=O)C(N)=O)C(C)(C)C)C3CCCCC3)nc2c1. The third-order valence-corrected chi connectivity index (χ3v) is 11.4. The van der Waals surface area contributed by atoms with Crippen LogP contribution in [0.3, 0.4) is 0 Å². The Morgan fingerprint density at radius 1 is 1.02 bits per heavy atom. The topological polar surface area (TPSA) is 208 Å². The number of methoxy groups -OCH3 is 1. The van der Waals surface area contributed by atoms with E-state index in [1.54, 1.807) is 37.4 Å². The maximum Gasteiger partial charge on any atom is 0.296 e. The second-order valence-electron chi connectivity index (χ2n) is 16.3. The second-order valence-corrected chi connectivity index (χ2v) is 16.7. The van der Waals surface area contributed by atoms with E-state index in [9.17, 15) is 24.0 Å². The molecule has 2 aliphatic carbocycles. The molecule has 15 nitrogen and oxygen atoms in total. The van der Waals surface area contributed by atoms with Gasteiger partial charge >= 0.3 is 0 Å². The van der Waals surface area contributed by atoms with Crippen LogP contribution in [0.25, 0.3) is 11.1 Å². The lowest BCUT2D eigenvalue weighted by Gasteiger charge is -2.37. The molecule has 1 unspecified atom stereocenters. The van der Waals surface area contributed by atoms with Crippen LogP contribution in [0, 0.1) is 17.3 Å². The van der Waals surface area contributed by atoms with Gasteiger partial charge in [-0.3, -0.25) is 24.0 Å². The molecule has 3 heterocycles. The molecule has 5 N–H and O–H groups in total. The summed E-state index contributed by atoms with van der Waals surface area (Å²) in [5, 5.41) is 9.46. The van der Waals surface area contributed by atoms with Gasteiger partial charge in [-0.1, -0.05) is 70.9 Å². The maximum absolute atomic E-state index is 14.8. The molecule has 302 valence electrons. The van der Waals surface area contributed by atoms with Gasteiger partial charge in [0.2, 0.25) is 29.4 Å². The van der Waals surface area contributed by atoms with E-state index in [1.165, 1.54) is 11.1 Å². The van der Waals surface area contributed by atoms with E-state index in [0.717, 1.165) is 51.4 Å². The summed E-state index contributed by atoms with van der Waals surface area (Å²) in [5.74, 6) is -2.60. The molecule has 0 spiro atoms. The third-order valence-electron chi connectivity index (χ3n) is 11.2. The molecule has 5 atom stereocenters. The second kappa shape index (κ2) is 17.5. The standard InChI is InChI=1S/C40H52ClN7O8/c1-40(2,3)34(47-37(52)32(23-11-6-5-7-12-23)46-39-45-27-18-25(54-4)14-15-30(27)56-39)38(53)48-21-26(55-31-16-13-24(41)20-43-31)19-29(48)36(51)44-28(33(49)35(42)50)17-22-9-8-10-22/h13-16,18,20,22-23,26,28-29,32,34H,5-12,17,19,21H2,1-4H3,(H2,42,50)(H,44,51)(H,45,46)(H,47,52)/t26-,28?,29+,32+,34-/m1/s1. The number of amides is 4. The Balaban J connectivity index is 1.26. The number of carbonyl (C=O) groups excluding carboxylic acids is 5. The first-order valence-electron chi connectivity index (χ1n) is 19.4. The van der Waals surface area contributed by atoms with Crippen molar-refractivity contribution in [3.8, 4) is 11.6 Å². The Morgan fingerprint density at radius 3 is 2.39 bits per heavy atom. The van der Waals surface area contributed by atoms with E-state index in [1.807, 2.05) is 20.8 Å². The summed E-state index contributed by atoms with van der Waals surface area (Å²) >= 11 is 6.03. The highest BCUT2D eigenvalue weighted by molar-refractivity contribution is 6.37. The van der Waals surface area contributed by atoms with E-state index >= 15 is 0 Å². The number of hydrogen-bond acceptors (Lipinski definition) is 11. The molecule has 2 aromatic heterocycles. The van der Waals surface area contributed by atoms with Crippen molar-refractivity contribution in [2.75, 3.05) is 19.0 Å². The fourth-order valence-electron chi connectivity index (χ4n) is 7.85.